The molecule has 28 heavy (non-hydrogen) atoms. The van der Waals surface area contributed by atoms with Crippen LogP contribution in [0.3, 0.4) is 0 Å². The van der Waals surface area contributed by atoms with Crippen molar-refractivity contribution in [3.63, 3.8) is 0 Å². The number of aromatic carboxylic acids is 1. The van der Waals surface area contributed by atoms with Crippen molar-refractivity contribution in [2.45, 2.75) is 34.2 Å². The van der Waals surface area contributed by atoms with E-state index < -0.39 is 5.97 Å². The maximum Gasteiger partial charge on any atom is 0.335 e. The second kappa shape index (κ2) is 8.25. The average molecular weight is 395 g/mol. The Kier molecular flexibility index (Phi) is 5.96. The van der Waals surface area contributed by atoms with E-state index in [4.69, 9.17) is 10.1 Å². The number of carboxylic acid groups (broad SMARTS) is 1. The molecule has 0 spiro atoms. The van der Waals surface area contributed by atoms with E-state index in [0.717, 1.165) is 40.5 Å². The predicted octanol–water partition coefficient (Wildman–Crippen LogP) is 5.62. The quantitative estimate of drug-likeness (QED) is 0.570. The minimum Gasteiger partial charge on any atom is -0.478 e. The molecule has 0 amide bonds. The van der Waals surface area contributed by atoms with Crippen molar-refractivity contribution in [1.82, 2.24) is 10.3 Å². The highest BCUT2D eigenvalue weighted by molar-refractivity contribution is 7.15. The molecular formula is C23H26N2O2S. The largest absolute Gasteiger partial charge is 0.478 e. The van der Waals surface area contributed by atoms with E-state index in [2.05, 4.69) is 38.2 Å². The molecular weight excluding hydrogens is 368 g/mol. The Morgan fingerprint density at radius 3 is 2.39 bits per heavy atom. The fourth-order valence-electron chi connectivity index (χ4n) is 2.99. The van der Waals surface area contributed by atoms with Crippen molar-refractivity contribution in [3.05, 3.63) is 64.8 Å². The van der Waals surface area contributed by atoms with Gasteiger partial charge in [-0.1, -0.05) is 51.1 Å². The lowest BCUT2D eigenvalue weighted by atomic mass is 9.97. The van der Waals surface area contributed by atoms with Crippen LogP contribution in [-0.2, 0) is 6.54 Å². The maximum absolute atomic E-state index is 11.0. The normalized spacial score (nSPS) is 11.6. The molecule has 2 aromatic carbocycles. The topological polar surface area (TPSA) is 62.2 Å². The van der Waals surface area contributed by atoms with Crippen LogP contribution in [-0.4, -0.2) is 22.6 Å². The van der Waals surface area contributed by atoms with Crippen molar-refractivity contribution < 1.29 is 9.90 Å². The Morgan fingerprint density at radius 1 is 1.07 bits per heavy atom. The summed E-state index contributed by atoms with van der Waals surface area (Å²) < 4.78 is 0. The van der Waals surface area contributed by atoms with Crippen LogP contribution in [0.5, 0.6) is 0 Å². The van der Waals surface area contributed by atoms with Gasteiger partial charge in [0.2, 0.25) is 0 Å². The van der Waals surface area contributed by atoms with Gasteiger partial charge >= 0.3 is 5.97 Å². The molecule has 3 rings (SSSR count). The summed E-state index contributed by atoms with van der Waals surface area (Å²) in [6.07, 6.45) is 0. The molecule has 0 radical (unpaired) electrons. The minimum absolute atomic E-state index is 0.250. The molecule has 0 fully saturated rings. The Labute approximate surface area is 170 Å². The summed E-state index contributed by atoms with van der Waals surface area (Å²) in [5.41, 5.74) is 4.79. The molecule has 0 atom stereocenters. The van der Waals surface area contributed by atoms with Crippen LogP contribution in [0.1, 0.15) is 41.8 Å². The average Bonchev–Trinajstić information content (AvgIpc) is 3.01. The number of carboxylic acids is 1. The zero-order valence-electron chi connectivity index (χ0n) is 16.7. The number of benzene rings is 2. The lowest BCUT2D eigenvalue weighted by molar-refractivity contribution is 0.0697. The second-order valence-electron chi connectivity index (χ2n) is 8.15. The van der Waals surface area contributed by atoms with Gasteiger partial charge in [-0.2, -0.15) is 0 Å². The first-order valence-corrected chi connectivity index (χ1v) is 10.2. The minimum atomic E-state index is -0.909. The van der Waals surface area contributed by atoms with E-state index in [-0.39, 0.29) is 5.41 Å². The van der Waals surface area contributed by atoms with Crippen molar-refractivity contribution in [2.75, 3.05) is 6.54 Å². The summed E-state index contributed by atoms with van der Waals surface area (Å²) >= 11 is 1.72. The standard InChI is InChI=1S/C23H26N2O2S/c1-15-21(28-20(25-15)13-24-14-23(2,3)4)19-7-5-6-18(12-19)16-8-10-17(11-9-16)22(26)27/h5-12,24H,13-14H2,1-4H3,(H,26,27). The van der Waals surface area contributed by atoms with Crippen LogP contribution < -0.4 is 5.32 Å². The van der Waals surface area contributed by atoms with Gasteiger partial charge in [-0.3, -0.25) is 0 Å². The summed E-state index contributed by atoms with van der Waals surface area (Å²) in [4.78, 5) is 17.0. The smallest absolute Gasteiger partial charge is 0.335 e. The van der Waals surface area contributed by atoms with Gasteiger partial charge in [0.25, 0.3) is 0 Å². The van der Waals surface area contributed by atoms with Gasteiger partial charge in [0.15, 0.2) is 0 Å². The molecule has 0 unspecified atom stereocenters. The molecule has 5 heteroatoms. The van der Waals surface area contributed by atoms with E-state index in [9.17, 15) is 4.79 Å². The maximum atomic E-state index is 11.0. The van der Waals surface area contributed by atoms with Crippen LogP contribution in [0.4, 0.5) is 0 Å². The van der Waals surface area contributed by atoms with E-state index >= 15 is 0 Å². The van der Waals surface area contributed by atoms with Gasteiger partial charge in [0, 0.05) is 13.1 Å². The number of carbonyl (C=O) groups is 1. The number of rotatable bonds is 6. The van der Waals surface area contributed by atoms with E-state index in [0.29, 0.717) is 5.56 Å². The molecule has 0 aliphatic carbocycles. The first-order chi connectivity index (χ1) is 13.2. The van der Waals surface area contributed by atoms with E-state index in [1.165, 1.54) is 4.88 Å². The fourth-order valence-corrected chi connectivity index (χ4v) is 4.02. The molecule has 0 saturated carbocycles. The van der Waals surface area contributed by atoms with Crippen LogP contribution in [0.15, 0.2) is 48.5 Å². The molecule has 3 aromatic rings. The van der Waals surface area contributed by atoms with Crippen LogP contribution in [0.2, 0.25) is 0 Å². The molecule has 146 valence electrons. The summed E-state index contributed by atoms with van der Waals surface area (Å²) in [5, 5.41) is 13.6. The third-order valence-corrected chi connectivity index (χ3v) is 5.57. The van der Waals surface area contributed by atoms with Gasteiger partial charge in [-0.05, 0) is 47.2 Å². The number of thiazole rings is 1. The number of nitrogens with zero attached hydrogens (tertiary/aromatic N) is 1. The van der Waals surface area contributed by atoms with Crippen LogP contribution in [0, 0.1) is 12.3 Å². The number of hydrogen-bond acceptors (Lipinski definition) is 4. The highest BCUT2D eigenvalue weighted by atomic mass is 32.1. The van der Waals surface area contributed by atoms with Crippen LogP contribution in [0.25, 0.3) is 21.6 Å². The molecule has 0 bridgehead atoms. The number of nitrogens with one attached hydrogen (secondary N) is 1. The molecule has 1 aromatic heterocycles. The van der Waals surface area contributed by atoms with Crippen molar-refractivity contribution in [2.24, 2.45) is 5.41 Å². The van der Waals surface area contributed by atoms with Gasteiger partial charge < -0.3 is 10.4 Å². The summed E-state index contributed by atoms with van der Waals surface area (Å²) in [6, 6.07) is 15.3. The van der Waals surface area contributed by atoms with Crippen molar-refractivity contribution >= 4 is 17.3 Å². The zero-order valence-corrected chi connectivity index (χ0v) is 17.6. The molecule has 4 nitrogen and oxygen atoms in total. The van der Waals surface area contributed by atoms with Crippen LogP contribution >= 0.6 is 11.3 Å². The molecule has 2 N–H and O–H groups in total. The summed E-state index contributed by atoms with van der Waals surface area (Å²) in [7, 11) is 0. The molecule has 0 saturated heterocycles. The number of aryl methyl sites for hydroxylation is 1. The van der Waals surface area contributed by atoms with Crippen molar-refractivity contribution in [1.29, 1.82) is 0 Å². The van der Waals surface area contributed by atoms with Gasteiger partial charge in [0.1, 0.15) is 5.01 Å². The van der Waals surface area contributed by atoms with Gasteiger partial charge in [-0.25, -0.2) is 9.78 Å². The molecule has 0 aliphatic rings. The molecule has 0 aliphatic heterocycles. The highest BCUT2D eigenvalue weighted by Crippen LogP contribution is 2.33. The first kappa shape index (κ1) is 20.2. The highest BCUT2D eigenvalue weighted by Gasteiger charge is 2.13. The molecule has 1 heterocycles. The Hall–Kier alpha value is -2.50. The second-order valence-corrected chi connectivity index (χ2v) is 9.23. The Bertz CT molecular complexity index is 969. The third kappa shape index (κ3) is 5.06. The number of hydrogen-bond donors (Lipinski definition) is 2. The fraction of sp³-hybridized carbons (Fsp3) is 0.304. The Balaban J connectivity index is 1.81. The summed E-state index contributed by atoms with van der Waals surface area (Å²) in [6.45, 7) is 10.4. The first-order valence-electron chi connectivity index (χ1n) is 9.34. The van der Waals surface area contributed by atoms with Gasteiger partial charge in [0.05, 0.1) is 16.1 Å². The lowest BCUT2D eigenvalue weighted by Crippen LogP contribution is -2.26. The zero-order chi connectivity index (χ0) is 20.3. The van der Waals surface area contributed by atoms with E-state index in [1.54, 1.807) is 23.5 Å². The monoisotopic (exact) mass is 394 g/mol. The lowest BCUT2D eigenvalue weighted by Gasteiger charge is -2.18. The summed E-state index contributed by atoms with van der Waals surface area (Å²) in [5.74, 6) is -0.909. The SMILES string of the molecule is Cc1nc(CNCC(C)(C)C)sc1-c1cccc(-c2ccc(C(=O)O)cc2)c1. The van der Waals surface area contributed by atoms with Crippen molar-refractivity contribution in [3.8, 4) is 21.6 Å². The van der Waals surface area contributed by atoms with E-state index in [1.807, 2.05) is 31.2 Å². The predicted molar refractivity (Wildman–Crippen MR) is 116 cm³/mol. The Morgan fingerprint density at radius 2 is 1.75 bits per heavy atom. The number of aromatic nitrogens is 1. The third-order valence-electron chi connectivity index (χ3n) is 4.36. The van der Waals surface area contributed by atoms with Gasteiger partial charge in [-0.15, -0.1) is 11.3 Å².